The van der Waals surface area contributed by atoms with Crippen LogP contribution in [0.5, 0.6) is 11.8 Å². The molecule has 0 aliphatic rings. The van der Waals surface area contributed by atoms with Crippen LogP contribution in [0.1, 0.15) is 20.8 Å². The van der Waals surface area contributed by atoms with Gasteiger partial charge in [0.25, 0.3) is 0 Å². The van der Waals surface area contributed by atoms with E-state index in [0.29, 0.717) is 34.0 Å². The Labute approximate surface area is 188 Å². The van der Waals surface area contributed by atoms with Crippen molar-refractivity contribution in [2.75, 3.05) is 19.5 Å². The maximum Gasteiger partial charge on any atom is 0.412 e. The number of pyridine rings is 2. The highest BCUT2D eigenvalue weighted by atomic mass is 16.6. The van der Waals surface area contributed by atoms with Crippen molar-refractivity contribution >= 4 is 39.5 Å². The minimum Gasteiger partial charge on any atom is -0.481 e. The number of nitro groups is 1. The minimum absolute atomic E-state index is 0.0427. The van der Waals surface area contributed by atoms with Crippen LogP contribution >= 0.6 is 0 Å². The van der Waals surface area contributed by atoms with Crippen molar-refractivity contribution < 1.29 is 23.9 Å². The summed E-state index contributed by atoms with van der Waals surface area (Å²) < 4.78 is 15.1. The number of hydrogen-bond acceptors (Lipinski definition) is 8. The molecule has 0 aromatic carbocycles. The van der Waals surface area contributed by atoms with Gasteiger partial charge in [-0.05, 0) is 32.9 Å². The Morgan fingerprint density at radius 1 is 0.970 bits per heavy atom. The van der Waals surface area contributed by atoms with E-state index >= 15 is 0 Å². The lowest BCUT2D eigenvalue weighted by atomic mass is 10.2. The first-order valence-electron chi connectivity index (χ1n) is 9.80. The zero-order chi connectivity index (χ0) is 24.2. The third-order valence-electron chi connectivity index (χ3n) is 4.22. The third kappa shape index (κ3) is 5.67. The maximum absolute atomic E-state index is 11.7. The zero-order valence-electron chi connectivity index (χ0n) is 18.8. The summed E-state index contributed by atoms with van der Waals surface area (Å²) in [7, 11) is 3.01. The summed E-state index contributed by atoms with van der Waals surface area (Å²) in [5.74, 6) is 0.847. The SMILES string of the molecule is COc1ccc2[nH]cc(NC(=O)OC(C)(C)C)c2n1.COc1ccc2[nH]cc([N+](=O)[O-])c2n1. The monoisotopic (exact) mass is 456 g/mol. The number of aromatic nitrogens is 4. The van der Waals surface area contributed by atoms with Crippen molar-refractivity contribution in [1.29, 1.82) is 0 Å². The summed E-state index contributed by atoms with van der Waals surface area (Å²) in [5, 5.41) is 13.2. The summed E-state index contributed by atoms with van der Waals surface area (Å²) >= 11 is 0. The molecule has 3 N–H and O–H groups in total. The molecule has 4 rings (SSSR count). The van der Waals surface area contributed by atoms with Crippen LogP contribution in [0.2, 0.25) is 0 Å². The Kier molecular flexibility index (Phi) is 6.66. The average molecular weight is 456 g/mol. The molecule has 1 amide bonds. The Morgan fingerprint density at radius 3 is 2.06 bits per heavy atom. The van der Waals surface area contributed by atoms with Crippen LogP contribution in [0.15, 0.2) is 36.7 Å². The van der Waals surface area contributed by atoms with Crippen molar-refractivity contribution in [2.24, 2.45) is 0 Å². The Bertz CT molecular complexity index is 1290. The van der Waals surface area contributed by atoms with E-state index in [1.165, 1.54) is 13.3 Å². The molecule has 0 fully saturated rings. The lowest BCUT2D eigenvalue weighted by Gasteiger charge is -2.19. The number of fused-ring (bicyclic) bond motifs is 2. The molecule has 0 saturated carbocycles. The number of carbonyl (C=O) groups excluding carboxylic acids is 1. The number of aromatic amines is 2. The van der Waals surface area contributed by atoms with Crippen molar-refractivity contribution in [2.45, 2.75) is 26.4 Å². The first kappa shape index (κ1) is 23.3. The number of H-pyrrole nitrogens is 2. The standard InChI is InChI=1S/C13H17N3O3.C8H7N3O3/c1-13(2,3)19-12(17)15-9-7-14-8-5-6-10(18-4)16-11(8)9;1-14-7-3-2-5-8(10-7)6(4-9-5)11(12)13/h5-7,14H,1-4H3,(H,15,17);2-4,9H,1H3. The molecule has 4 heterocycles. The topological polar surface area (TPSA) is 157 Å². The van der Waals surface area contributed by atoms with E-state index in [1.807, 2.05) is 26.8 Å². The number of anilines is 1. The van der Waals surface area contributed by atoms with Gasteiger partial charge in [0, 0.05) is 18.3 Å². The summed E-state index contributed by atoms with van der Waals surface area (Å²) in [6.07, 6.45) is 2.47. The second-order valence-electron chi connectivity index (χ2n) is 7.76. The van der Waals surface area contributed by atoms with Gasteiger partial charge in [0.2, 0.25) is 11.8 Å². The lowest BCUT2D eigenvalue weighted by Crippen LogP contribution is -2.27. The fraction of sp³-hybridized carbons (Fsp3) is 0.286. The molecule has 0 aliphatic heterocycles. The average Bonchev–Trinajstić information content (AvgIpc) is 3.36. The van der Waals surface area contributed by atoms with Gasteiger partial charge in [0.1, 0.15) is 11.1 Å². The number of methoxy groups -OCH3 is 2. The molecule has 0 bridgehead atoms. The van der Waals surface area contributed by atoms with Crippen LogP contribution in [0.3, 0.4) is 0 Å². The van der Waals surface area contributed by atoms with Gasteiger partial charge in [-0.25, -0.2) is 14.8 Å². The van der Waals surface area contributed by atoms with Crippen LogP contribution < -0.4 is 14.8 Å². The molecular formula is C21H24N6O6. The second kappa shape index (κ2) is 9.42. The fourth-order valence-electron chi connectivity index (χ4n) is 2.82. The highest BCUT2D eigenvalue weighted by molar-refractivity contribution is 5.97. The van der Waals surface area contributed by atoms with Crippen molar-refractivity contribution in [3.8, 4) is 11.8 Å². The van der Waals surface area contributed by atoms with Crippen LogP contribution in [0, 0.1) is 10.1 Å². The van der Waals surface area contributed by atoms with E-state index in [2.05, 4.69) is 25.3 Å². The molecule has 4 aromatic rings. The summed E-state index contributed by atoms with van der Waals surface area (Å²) in [6, 6.07) is 6.91. The van der Waals surface area contributed by atoms with Crippen molar-refractivity contribution in [3.63, 3.8) is 0 Å². The Balaban J connectivity index is 0.000000194. The molecule has 0 unspecified atom stereocenters. The predicted molar refractivity (Wildman–Crippen MR) is 122 cm³/mol. The molecule has 12 nitrogen and oxygen atoms in total. The molecule has 0 saturated heterocycles. The molecule has 174 valence electrons. The number of rotatable bonds is 4. The number of carbonyl (C=O) groups is 1. The van der Waals surface area contributed by atoms with Gasteiger partial charge in [0.05, 0.1) is 42.1 Å². The fourth-order valence-corrected chi connectivity index (χ4v) is 2.82. The van der Waals surface area contributed by atoms with Crippen LogP contribution in [-0.4, -0.2) is 50.8 Å². The molecule has 0 aliphatic carbocycles. The highest BCUT2D eigenvalue weighted by Crippen LogP contribution is 2.25. The highest BCUT2D eigenvalue weighted by Gasteiger charge is 2.18. The predicted octanol–water partition coefficient (Wildman–Crippen LogP) is 4.40. The van der Waals surface area contributed by atoms with E-state index < -0.39 is 16.6 Å². The number of ether oxygens (including phenoxy) is 3. The molecule has 33 heavy (non-hydrogen) atoms. The quantitative estimate of drug-likeness (QED) is 0.301. The molecule has 4 aromatic heterocycles. The van der Waals surface area contributed by atoms with Crippen molar-refractivity contribution in [3.05, 3.63) is 46.8 Å². The van der Waals surface area contributed by atoms with Gasteiger partial charge in [0.15, 0.2) is 5.52 Å². The number of nitrogens with zero attached hydrogens (tertiary/aromatic N) is 3. The summed E-state index contributed by atoms with van der Waals surface area (Å²) in [4.78, 5) is 35.9. The largest absolute Gasteiger partial charge is 0.481 e. The second-order valence-corrected chi connectivity index (χ2v) is 7.76. The third-order valence-corrected chi connectivity index (χ3v) is 4.22. The first-order valence-corrected chi connectivity index (χ1v) is 9.80. The lowest BCUT2D eigenvalue weighted by molar-refractivity contribution is -0.383. The summed E-state index contributed by atoms with van der Waals surface area (Å²) in [5.41, 5.74) is 2.35. The van der Waals surface area contributed by atoms with Crippen LogP contribution in [0.25, 0.3) is 22.1 Å². The number of hydrogen-bond donors (Lipinski definition) is 3. The molecule has 0 atom stereocenters. The zero-order valence-corrected chi connectivity index (χ0v) is 18.8. The molecule has 0 spiro atoms. The van der Waals surface area contributed by atoms with E-state index in [1.54, 1.807) is 31.5 Å². The van der Waals surface area contributed by atoms with Gasteiger partial charge < -0.3 is 24.2 Å². The smallest absolute Gasteiger partial charge is 0.412 e. The maximum atomic E-state index is 11.7. The van der Waals surface area contributed by atoms with Gasteiger partial charge in [-0.3, -0.25) is 15.4 Å². The Morgan fingerprint density at radius 2 is 1.52 bits per heavy atom. The molecular weight excluding hydrogens is 432 g/mol. The molecule has 0 radical (unpaired) electrons. The number of nitrogens with one attached hydrogen (secondary N) is 3. The van der Waals surface area contributed by atoms with E-state index in [9.17, 15) is 14.9 Å². The van der Waals surface area contributed by atoms with E-state index in [0.717, 1.165) is 5.52 Å². The van der Waals surface area contributed by atoms with Gasteiger partial charge in [-0.2, -0.15) is 0 Å². The van der Waals surface area contributed by atoms with Gasteiger partial charge in [-0.1, -0.05) is 0 Å². The Hall–Kier alpha value is -4.35. The minimum atomic E-state index is -0.540. The van der Waals surface area contributed by atoms with Crippen LogP contribution in [-0.2, 0) is 4.74 Å². The van der Waals surface area contributed by atoms with Crippen molar-refractivity contribution in [1.82, 2.24) is 19.9 Å². The van der Waals surface area contributed by atoms with E-state index in [4.69, 9.17) is 14.2 Å². The van der Waals surface area contributed by atoms with Gasteiger partial charge >= 0.3 is 11.8 Å². The van der Waals surface area contributed by atoms with E-state index in [-0.39, 0.29) is 5.69 Å². The summed E-state index contributed by atoms with van der Waals surface area (Å²) in [6.45, 7) is 5.43. The number of amides is 1. The van der Waals surface area contributed by atoms with Gasteiger partial charge in [-0.15, -0.1) is 0 Å². The first-order chi connectivity index (χ1) is 15.6. The van der Waals surface area contributed by atoms with Crippen LogP contribution in [0.4, 0.5) is 16.2 Å². The normalized spacial score (nSPS) is 10.9. The molecule has 12 heteroatoms.